The Hall–Kier alpha value is -0.680. The first-order chi connectivity index (χ1) is 9.32. The summed E-state index contributed by atoms with van der Waals surface area (Å²) >= 11 is 1.56. The molecule has 2 atom stereocenters. The molecule has 4 nitrogen and oxygen atoms in total. The summed E-state index contributed by atoms with van der Waals surface area (Å²) in [4.78, 5) is 0. The maximum absolute atomic E-state index is 6.03. The number of nitrogens with zero attached hydrogens (tertiary/aromatic N) is 2. The van der Waals surface area contributed by atoms with E-state index >= 15 is 0 Å². The standard InChI is InChI=1S/C15H27N3OS/c1-10-6-11(2)8-12(7-10)19-14-18-17-13(20-14)9-16-15(3,4)5/h10-12,16H,6-9H2,1-5H3. The number of aromatic nitrogens is 2. The molecule has 0 radical (unpaired) electrons. The summed E-state index contributed by atoms with van der Waals surface area (Å²) in [6.45, 7) is 11.8. The molecule has 1 aromatic rings. The molecule has 1 aliphatic rings. The molecule has 2 unspecified atom stereocenters. The molecule has 5 heteroatoms. The molecule has 0 aliphatic heterocycles. The highest BCUT2D eigenvalue weighted by atomic mass is 32.1. The molecule has 0 saturated heterocycles. The highest BCUT2D eigenvalue weighted by molar-refractivity contribution is 7.13. The summed E-state index contributed by atoms with van der Waals surface area (Å²) in [6.07, 6.45) is 3.90. The van der Waals surface area contributed by atoms with E-state index in [0.717, 1.165) is 41.4 Å². The lowest BCUT2D eigenvalue weighted by atomic mass is 9.82. The summed E-state index contributed by atoms with van der Waals surface area (Å²) in [6, 6.07) is 0. The third-order valence-electron chi connectivity index (χ3n) is 3.62. The van der Waals surface area contributed by atoms with Gasteiger partial charge in [0, 0.05) is 5.54 Å². The van der Waals surface area contributed by atoms with E-state index in [4.69, 9.17) is 4.74 Å². The Morgan fingerprint density at radius 1 is 1.15 bits per heavy atom. The Bertz CT molecular complexity index is 417. The van der Waals surface area contributed by atoms with E-state index in [9.17, 15) is 0 Å². The van der Waals surface area contributed by atoms with Crippen molar-refractivity contribution in [3.05, 3.63) is 5.01 Å². The Labute approximate surface area is 126 Å². The van der Waals surface area contributed by atoms with E-state index in [1.54, 1.807) is 11.3 Å². The van der Waals surface area contributed by atoms with E-state index in [0.29, 0.717) is 6.10 Å². The van der Waals surface area contributed by atoms with Crippen LogP contribution in [-0.4, -0.2) is 21.8 Å². The third-order valence-corrected chi connectivity index (χ3v) is 4.44. The van der Waals surface area contributed by atoms with Gasteiger partial charge in [0.15, 0.2) is 0 Å². The van der Waals surface area contributed by atoms with E-state index in [1.807, 2.05) is 0 Å². The Morgan fingerprint density at radius 3 is 2.40 bits per heavy atom. The third kappa shape index (κ3) is 5.02. The van der Waals surface area contributed by atoms with Gasteiger partial charge in [-0.3, -0.25) is 0 Å². The summed E-state index contributed by atoms with van der Waals surface area (Å²) < 4.78 is 6.03. The molecule has 2 rings (SSSR count). The van der Waals surface area contributed by atoms with Crippen LogP contribution < -0.4 is 10.1 Å². The van der Waals surface area contributed by atoms with Gasteiger partial charge in [-0.1, -0.05) is 30.3 Å². The van der Waals surface area contributed by atoms with Crippen LogP contribution in [-0.2, 0) is 6.54 Å². The molecule has 1 aliphatic carbocycles. The van der Waals surface area contributed by atoms with Crippen LogP contribution in [0.25, 0.3) is 0 Å². The fourth-order valence-corrected chi connectivity index (χ4v) is 3.50. The minimum atomic E-state index is 0.0981. The molecule has 1 N–H and O–H groups in total. The first kappa shape index (κ1) is 15.7. The predicted octanol–water partition coefficient (Wildman–Crippen LogP) is 3.63. The van der Waals surface area contributed by atoms with Gasteiger partial charge in [0.2, 0.25) is 0 Å². The van der Waals surface area contributed by atoms with E-state index in [1.165, 1.54) is 6.42 Å². The molecular formula is C15H27N3OS. The molecular weight excluding hydrogens is 270 g/mol. The zero-order valence-electron chi connectivity index (χ0n) is 13.3. The quantitative estimate of drug-likeness (QED) is 0.922. The molecule has 1 heterocycles. The molecule has 0 spiro atoms. The fourth-order valence-electron chi connectivity index (χ4n) is 2.81. The fraction of sp³-hybridized carbons (Fsp3) is 0.867. The molecule has 0 bridgehead atoms. The number of rotatable bonds is 4. The first-order valence-corrected chi connectivity index (χ1v) is 8.37. The van der Waals surface area contributed by atoms with Crippen molar-refractivity contribution in [2.75, 3.05) is 0 Å². The molecule has 0 amide bonds. The molecule has 0 aromatic carbocycles. The van der Waals surface area contributed by atoms with E-state index < -0.39 is 0 Å². The van der Waals surface area contributed by atoms with Gasteiger partial charge in [0.05, 0.1) is 6.54 Å². The summed E-state index contributed by atoms with van der Waals surface area (Å²) in [5.41, 5.74) is 0.0981. The van der Waals surface area contributed by atoms with Gasteiger partial charge in [-0.25, -0.2) is 0 Å². The molecule has 1 saturated carbocycles. The van der Waals surface area contributed by atoms with Crippen molar-refractivity contribution in [3.8, 4) is 5.19 Å². The van der Waals surface area contributed by atoms with Crippen molar-refractivity contribution < 1.29 is 4.74 Å². The lowest BCUT2D eigenvalue weighted by Gasteiger charge is -2.30. The van der Waals surface area contributed by atoms with Crippen LogP contribution in [0.3, 0.4) is 0 Å². The SMILES string of the molecule is CC1CC(C)CC(Oc2nnc(CNC(C)(C)C)s2)C1. The minimum absolute atomic E-state index is 0.0981. The summed E-state index contributed by atoms with van der Waals surface area (Å²) in [7, 11) is 0. The normalized spacial score (nSPS) is 27.6. The smallest absolute Gasteiger partial charge is 0.294 e. The van der Waals surface area contributed by atoms with Crippen molar-refractivity contribution in [2.45, 2.75) is 72.1 Å². The van der Waals surface area contributed by atoms with Gasteiger partial charge in [0.1, 0.15) is 11.1 Å². The van der Waals surface area contributed by atoms with Gasteiger partial charge in [-0.15, -0.1) is 5.10 Å². The average Bonchev–Trinajstić information content (AvgIpc) is 2.72. The zero-order chi connectivity index (χ0) is 14.8. The van der Waals surface area contributed by atoms with Crippen LogP contribution in [0.2, 0.25) is 0 Å². The van der Waals surface area contributed by atoms with Crippen LogP contribution in [0.5, 0.6) is 5.19 Å². The summed E-state index contributed by atoms with van der Waals surface area (Å²) in [5, 5.41) is 13.5. The predicted molar refractivity (Wildman–Crippen MR) is 83.1 cm³/mol. The van der Waals surface area contributed by atoms with Gasteiger partial charge in [0.25, 0.3) is 5.19 Å². The van der Waals surface area contributed by atoms with E-state index in [-0.39, 0.29) is 5.54 Å². The number of hydrogen-bond acceptors (Lipinski definition) is 5. The van der Waals surface area contributed by atoms with Crippen LogP contribution in [0.1, 0.15) is 58.9 Å². The molecule has 114 valence electrons. The number of hydrogen-bond donors (Lipinski definition) is 1. The summed E-state index contributed by atoms with van der Waals surface area (Å²) in [5.74, 6) is 1.50. The average molecular weight is 297 g/mol. The minimum Gasteiger partial charge on any atom is -0.466 e. The highest BCUT2D eigenvalue weighted by Crippen LogP contribution is 2.32. The van der Waals surface area contributed by atoms with Crippen LogP contribution in [0.4, 0.5) is 0 Å². The second-order valence-corrected chi connectivity index (χ2v) is 8.25. The monoisotopic (exact) mass is 297 g/mol. The second kappa shape index (κ2) is 6.39. The van der Waals surface area contributed by atoms with Crippen LogP contribution in [0, 0.1) is 11.8 Å². The molecule has 20 heavy (non-hydrogen) atoms. The number of nitrogens with one attached hydrogen (secondary N) is 1. The number of ether oxygens (including phenoxy) is 1. The highest BCUT2D eigenvalue weighted by Gasteiger charge is 2.26. The van der Waals surface area contributed by atoms with Gasteiger partial charge in [-0.05, 0) is 51.9 Å². The second-order valence-electron chi connectivity index (χ2n) is 7.22. The van der Waals surface area contributed by atoms with E-state index in [2.05, 4.69) is 50.1 Å². The first-order valence-electron chi connectivity index (χ1n) is 7.56. The van der Waals surface area contributed by atoms with Gasteiger partial charge in [-0.2, -0.15) is 0 Å². The van der Waals surface area contributed by atoms with Crippen molar-refractivity contribution in [1.29, 1.82) is 0 Å². The van der Waals surface area contributed by atoms with Crippen molar-refractivity contribution in [2.24, 2.45) is 11.8 Å². The van der Waals surface area contributed by atoms with Crippen LogP contribution >= 0.6 is 11.3 Å². The Kier molecular flexibility index (Phi) is 5.02. The molecule has 1 fully saturated rings. The lowest BCUT2D eigenvalue weighted by molar-refractivity contribution is 0.1000. The van der Waals surface area contributed by atoms with Crippen molar-refractivity contribution in [1.82, 2.24) is 15.5 Å². The Balaban J connectivity index is 1.86. The largest absolute Gasteiger partial charge is 0.466 e. The maximum Gasteiger partial charge on any atom is 0.294 e. The topological polar surface area (TPSA) is 47.0 Å². The van der Waals surface area contributed by atoms with Gasteiger partial charge >= 0.3 is 0 Å². The van der Waals surface area contributed by atoms with Gasteiger partial charge < -0.3 is 10.1 Å². The molecule has 1 aromatic heterocycles. The zero-order valence-corrected chi connectivity index (χ0v) is 14.1. The van der Waals surface area contributed by atoms with Crippen molar-refractivity contribution >= 4 is 11.3 Å². The lowest BCUT2D eigenvalue weighted by Crippen LogP contribution is -2.35. The van der Waals surface area contributed by atoms with Crippen molar-refractivity contribution in [3.63, 3.8) is 0 Å². The van der Waals surface area contributed by atoms with Crippen LogP contribution in [0.15, 0.2) is 0 Å². The Morgan fingerprint density at radius 2 is 1.80 bits per heavy atom. The maximum atomic E-state index is 6.03.